The molecule has 1 aliphatic heterocycles. The van der Waals surface area contributed by atoms with Crippen LogP contribution >= 0.6 is 0 Å². The van der Waals surface area contributed by atoms with Crippen LogP contribution in [-0.4, -0.2) is 58.3 Å². The van der Waals surface area contributed by atoms with Gasteiger partial charge in [0.25, 0.3) is 0 Å². The highest BCUT2D eigenvalue weighted by Crippen LogP contribution is 2.14. The smallest absolute Gasteiger partial charge is 0.223 e. The number of fused-ring (bicyclic) bond motifs is 1. The first-order valence-electron chi connectivity index (χ1n) is 7.54. The van der Waals surface area contributed by atoms with Gasteiger partial charge < -0.3 is 14.2 Å². The topological polar surface area (TPSA) is 40.9 Å². The number of carbonyl (C=O) groups is 1. The number of aryl methyl sites for hydroxylation is 2. The normalized spacial score (nSPS) is 16.6. The average Bonchev–Trinajstić information content (AvgIpc) is 2.81. The first-order chi connectivity index (χ1) is 10.1. The molecular weight excluding hydrogens is 264 g/mol. The average molecular weight is 286 g/mol. The molecule has 5 nitrogen and oxygen atoms in total. The minimum absolute atomic E-state index is 0.258. The lowest BCUT2D eigenvalue weighted by molar-refractivity contribution is -0.132. The molecule has 0 saturated carbocycles. The van der Waals surface area contributed by atoms with Crippen LogP contribution in [0, 0.1) is 6.92 Å². The van der Waals surface area contributed by atoms with Crippen LogP contribution in [0.15, 0.2) is 24.4 Å². The Morgan fingerprint density at radius 2 is 2.00 bits per heavy atom. The zero-order chi connectivity index (χ0) is 14.8. The molecule has 0 bridgehead atoms. The molecule has 2 aromatic heterocycles. The predicted molar refractivity (Wildman–Crippen MR) is 82.3 cm³/mol. The second-order valence-electron chi connectivity index (χ2n) is 5.76. The highest BCUT2D eigenvalue weighted by Gasteiger charge is 2.19. The van der Waals surface area contributed by atoms with Gasteiger partial charge in [0.05, 0.1) is 5.69 Å². The van der Waals surface area contributed by atoms with Crippen molar-refractivity contribution >= 4 is 11.6 Å². The Balaban J connectivity index is 1.66. The van der Waals surface area contributed by atoms with E-state index in [4.69, 9.17) is 0 Å². The molecule has 5 heteroatoms. The van der Waals surface area contributed by atoms with Crippen molar-refractivity contribution in [1.82, 2.24) is 19.2 Å². The predicted octanol–water partition coefficient (Wildman–Crippen LogP) is 1.35. The van der Waals surface area contributed by atoms with Crippen molar-refractivity contribution in [1.29, 1.82) is 0 Å². The van der Waals surface area contributed by atoms with Crippen LogP contribution in [0.5, 0.6) is 0 Å². The van der Waals surface area contributed by atoms with E-state index < -0.39 is 0 Å². The lowest BCUT2D eigenvalue weighted by Gasteiger charge is -2.32. The number of amides is 1. The molecule has 21 heavy (non-hydrogen) atoms. The molecule has 2 aromatic rings. The Morgan fingerprint density at radius 3 is 2.76 bits per heavy atom. The third kappa shape index (κ3) is 2.93. The van der Waals surface area contributed by atoms with Gasteiger partial charge in [-0.25, -0.2) is 4.98 Å². The van der Waals surface area contributed by atoms with E-state index >= 15 is 0 Å². The molecule has 0 aliphatic carbocycles. The van der Waals surface area contributed by atoms with Crippen LogP contribution in [0.2, 0.25) is 0 Å². The molecule has 0 unspecified atom stereocenters. The number of piperazine rings is 1. The van der Waals surface area contributed by atoms with E-state index in [0.29, 0.717) is 6.42 Å². The Labute approximate surface area is 125 Å². The van der Waals surface area contributed by atoms with Gasteiger partial charge in [0.2, 0.25) is 5.91 Å². The zero-order valence-electron chi connectivity index (χ0n) is 12.7. The summed E-state index contributed by atoms with van der Waals surface area (Å²) >= 11 is 0. The maximum absolute atomic E-state index is 12.3. The molecule has 1 aliphatic rings. The molecule has 0 radical (unpaired) electrons. The van der Waals surface area contributed by atoms with Gasteiger partial charge in [-0.3, -0.25) is 4.79 Å². The Kier molecular flexibility index (Phi) is 3.92. The maximum Gasteiger partial charge on any atom is 0.223 e. The number of likely N-dealkylation sites (N-methyl/N-ethyl adjacent to an activating group) is 1. The van der Waals surface area contributed by atoms with Crippen LogP contribution in [-0.2, 0) is 11.2 Å². The molecule has 1 saturated heterocycles. The van der Waals surface area contributed by atoms with E-state index in [1.165, 1.54) is 0 Å². The molecule has 0 atom stereocenters. The van der Waals surface area contributed by atoms with Gasteiger partial charge in [-0.05, 0) is 32.5 Å². The van der Waals surface area contributed by atoms with E-state index in [1.807, 2.05) is 36.2 Å². The van der Waals surface area contributed by atoms with Crippen LogP contribution in [0.4, 0.5) is 0 Å². The largest absolute Gasteiger partial charge is 0.340 e. The fourth-order valence-corrected chi connectivity index (χ4v) is 2.90. The van der Waals surface area contributed by atoms with E-state index in [9.17, 15) is 4.79 Å². The molecule has 0 N–H and O–H groups in total. The Hall–Kier alpha value is -1.88. The van der Waals surface area contributed by atoms with Crippen LogP contribution in [0.3, 0.4) is 0 Å². The van der Waals surface area contributed by atoms with Crippen molar-refractivity contribution in [3.8, 4) is 0 Å². The van der Waals surface area contributed by atoms with Gasteiger partial charge >= 0.3 is 0 Å². The van der Waals surface area contributed by atoms with E-state index in [2.05, 4.69) is 21.3 Å². The molecule has 3 heterocycles. The highest BCUT2D eigenvalue weighted by molar-refractivity contribution is 5.76. The molecule has 3 rings (SSSR count). The van der Waals surface area contributed by atoms with E-state index in [-0.39, 0.29) is 5.91 Å². The first-order valence-corrected chi connectivity index (χ1v) is 7.54. The summed E-state index contributed by atoms with van der Waals surface area (Å²) in [4.78, 5) is 21.1. The van der Waals surface area contributed by atoms with Crippen LogP contribution in [0.1, 0.15) is 17.8 Å². The molecule has 1 amide bonds. The van der Waals surface area contributed by atoms with Crippen LogP contribution in [0.25, 0.3) is 5.65 Å². The number of rotatable bonds is 3. The summed E-state index contributed by atoms with van der Waals surface area (Å²) in [6.07, 6.45) is 3.33. The second kappa shape index (κ2) is 5.85. The second-order valence-corrected chi connectivity index (χ2v) is 5.76. The van der Waals surface area contributed by atoms with Gasteiger partial charge in [0, 0.05) is 44.5 Å². The maximum atomic E-state index is 12.3. The Bertz CT molecular complexity index is 641. The van der Waals surface area contributed by atoms with Gasteiger partial charge in [0.1, 0.15) is 5.65 Å². The van der Waals surface area contributed by atoms with Crippen molar-refractivity contribution in [2.45, 2.75) is 19.8 Å². The number of imidazole rings is 1. The fraction of sp³-hybridized carbons (Fsp3) is 0.500. The first kappa shape index (κ1) is 14.1. The third-order valence-corrected chi connectivity index (χ3v) is 4.26. The Morgan fingerprint density at radius 1 is 1.24 bits per heavy atom. The minimum atomic E-state index is 0.258. The molecule has 0 aromatic carbocycles. The quantitative estimate of drug-likeness (QED) is 0.855. The lowest BCUT2D eigenvalue weighted by Crippen LogP contribution is -2.47. The van der Waals surface area contributed by atoms with Gasteiger partial charge in [0.15, 0.2) is 0 Å². The van der Waals surface area contributed by atoms with Crippen molar-refractivity contribution in [2.75, 3.05) is 33.2 Å². The van der Waals surface area contributed by atoms with Crippen molar-refractivity contribution in [2.24, 2.45) is 0 Å². The van der Waals surface area contributed by atoms with Gasteiger partial charge in [-0.1, -0.05) is 6.07 Å². The van der Waals surface area contributed by atoms with Crippen LogP contribution < -0.4 is 0 Å². The molecule has 112 valence electrons. The standard InChI is InChI=1S/C16H22N4O/c1-13-14(20-8-4-3-5-15(20)17-13)6-7-16(21)19-11-9-18(2)10-12-19/h3-5,8H,6-7,9-12H2,1-2H3. The van der Waals surface area contributed by atoms with E-state index in [0.717, 1.165) is 49.6 Å². The SMILES string of the molecule is Cc1nc2ccccn2c1CCC(=O)N1CCN(C)CC1. The monoisotopic (exact) mass is 286 g/mol. The molecule has 1 fully saturated rings. The molecular formula is C16H22N4O. The summed E-state index contributed by atoms with van der Waals surface area (Å²) in [6.45, 7) is 5.66. The van der Waals surface area contributed by atoms with Crippen molar-refractivity contribution in [3.63, 3.8) is 0 Å². The summed E-state index contributed by atoms with van der Waals surface area (Å²) in [5.74, 6) is 0.258. The van der Waals surface area contributed by atoms with Crippen molar-refractivity contribution in [3.05, 3.63) is 35.8 Å². The zero-order valence-corrected chi connectivity index (χ0v) is 12.7. The number of aromatic nitrogens is 2. The lowest BCUT2D eigenvalue weighted by atomic mass is 10.2. The van der Waals surface area contributed by atoms with Gasteiger partial charge in [-0.15, -0.1) is 0 Å². The minimum Gasteiger partial charge on any atom is -0.340 e. The third-order valence-electron chi connectivity index (χ3n) is 4.26. The highest BCUT2D eigenvalue weighted by atomic mass is 16.2. The summed E-state index contributed by atoms with van der Waals surface area (Å²) in [5.41, 5.74) is 3.12. The summed E-state index contributed by atoms with van der Waals surface area (Å²) in [5, 5.41) is 0. The summed E-state index contributed by atoms with van der Waals surface area (Å²) in [6, 6.07) is 5.99. The summed E-state index contributed by atoms with van der Waals surface area (Å²) < 4.78 is 2.09. The number of pyridine rings is 1. The van der Waals surface area contributed by atoms with E-state index in [1.54, 1.807) is 0 Å². The number of nitrogens with zero attached hydrogens (tertiary/aromatic N) is 4. The fourth-order valence-electron chi connectivity index (χ4n) is 2.90. The number of carbonyl (C=O) groups excluding carboxylic acids is 1. The molecule has 0 spiro atoms. The van der Waals surface area contributed by atoms with Crippen molar-refractivity contribution < 1.29 is 4.79 Å². The number of hydrogen-bond acceptors (Lipinski definition) is 3. The number of hydrogen-bond donors (Lipinski definition) is 0. The van der Waals surface area contributed by atoms with Gasteiger partial charge in [-0.2, -0.15) is 0 Å². The summed E-state index contributed by atoms with van der Waals surface area (Å²) in [7, 11) is 2.10.